The molecule has 2 aromatic carbocycles. The van der Waals surface area contributed by atoms with Crippen molar-refractivity contribution in [1.82, 2.24) is 5.32 Å². The van der Waals surface area contributed by atoms with Crippen molar-refractivity contribution in [2.45, 2.75) is 6.92 Å². The van der Waals surface area contributed by atoms with Crippen molar-refractivity contribution >= 4 is 23.2 Å². The van der Waals surface area contributed by atoms with Gasteiger partial charge in [-0.1, -0.05) is 11.6 Å². The molecule has 2 aromatic rings. The van der Waals surface area contributed by atoms with Crippen LogP contribution in [0, 0.1) is 10.1 Å². The predicted octanol–water partition coefficient (Wildman–Crippen LogP) is 3.22. The number of rotatable bonds is 10. The minimum Gasteiger partial charge on any atom is -0.494 e. The van der Waals surface area contributed by atoms with Crippen molar-refractivity contribution in [3.05, 3.63) is 57.6 Å². The van der Waals surface area contributed by atoms with Gasteiger partial charge in [0.2, 0.25) is 0 Å². The molecule has 144 valence electrons. The normalized spacial score (nSPS) is 10.1. The number of nitrogens with one attached hydrogen (secondary N) is 1. The highest BCUT2D eigenvalue weighted by atomic mass is 35.5. The van der Waals surface area contributed by atoms with Crippen LogP contribution in [-0.2, 0) is 4.79 Å². The van der Waals surface area contributed by atoms with Crippen LogP contribution in [-0.4, -0.2) is 37.2 Å². The summed E-state index contributed by atoms with van der Waals surface area (Å²) in [6.07, 6.45) is 0. The summed E-state index contributed by atoms with van der Waals surface area (Å²) in [5.41, 5.74) is -0.150. The number of nitro groups is 1. The largest absolute Gasteiger partial charge is 0.494 e. The van der Waals surface area contributed by atoms with Gasteiger partial charge in [0.05, 0.1) is 23.1 Å². The zero-order valence-corrected chi connectivity index (χ0v) is 15.4. The highest BCUT2D eigenvalue weighted by molar-refractivity contribution is 6.32. The van der Waals surface area contributed by atoms with Crippen molar-refractivity contribution in [1.29, 1.82) is 0 Å². The van der Waals surface area contributed by atoms with Gasteiger partial charge in [-0.15, -0.1) is 0 Å². The monoisotopic (exact) mass is 394 g/mol. The molecule has 27 heavy (non-hydrogen) atoms. The van der Waals surface area contributed by atoms with Crippen LogP contribution in [0.5, 0.6) is 17.2 Å². The van der Waals surface area contributed by atoms with E-state index >= 15 is 0 Å². The van der Waals surface area contributed by atoms with Gasteiger partial charge in [-0.05, 0) is 37.3 Å². The highest BCUT2D eigenvalue weighted by Crippen LogP contribution is 2.28. The van der Waals surface area contributed by atoms with E-state index in [0.29, 0.717) is 18.9 Å². The molecule has 1 N–H and O–H groups in total. The SMILES string of the molecule is CCOc1ccc(OCCNC(=O)COc2ccc([N+](=O)[O-])cc2Cl)cc1. The Hall–Kier alpha value is -3.00. The zero-order chi connectivity index (χ0) is 19.6. The van der Waals surface area contributed by atoms with Crippen molar-refractivity contribution in [3.63, 3.8) is 0 Å². The van der Waals surface area contributed by atoms with Gasteiger partial charge >= 0.3 is 0 Å². The first-order valence-corrected chi connectivity index (χ1v) is 8.56. The van der Waals surface area contributed by atoms with E-state index in [0.717, 1.165) is 5.75 Å². The van der Waals surface area contributed by atoms with Gasteiger partial charge in [-0.3, -0.25) is 14.9 Å². The molecule has 0 fully saturated rings. The van der Waals surface area contributed by atoms with Gasteiger partial charge in [0.15, 0.2) is 6.61 Å². The number of hydrogen-bond donors (Lipinski definition) is 1. The zero-order valence-electron chi connectivity index (χ0n) is 14.6. The second kappa shape index (κ2) is 10.2. The van der Waals surface area contributed by atoms with Crippen LogP contribution in [0.4, 0.5) is 5.69 Å². The number of nitrogens with zero attached hydrogens (tertiary/aromatic N) is 1. The lowest BCUT2D eigenvalue weighted by Gasteiger charge is -2.10. The number of non-ortho nitro benzene ring substituents is 1. The summed E-state index contributed by atoms with van der Waals surface area (Å²) in [5, 5.41) is 13.4. The summed E-state index contributed by atoms with van der Waals surface area (Å²) in [6, 6.07) is 10.9. The maximum Gasteiger partial charge on any atom is 0.271 e. The third-order valence-electron chi connectivity index (χ3n) is 3.31. The smallest absolute Gasteiger partial charge is 0.271 e. The average Bonchev–Trinajstić information content (AvgIpc) is 2.65. The van der Waals surface area contributed by atoms with Crippen molar-refractivity contribution in [3.8, 4) is 17.2 Å². The fourth-order valence-corrected chi connectivity index (χ4v) is 2.30. The van der Waals surface area contributed by atoms with E-state index in [9.17, 15) is 14.9 Å². The van der Waals surface area contributed by atoms with Crippen molar-refractivity contribution in [2.24, 2.45) is 0 Å². The van der Waals surface area contributed by atoms with E-state index in [1.807, 2.05) is 6.92 Å². The van der Waals surface area contributed by atoms with Crippen LogP contribution in [0.2, 0.25) is 5.02 Å². The number of nitro benzene ring substituents is 1. The number of hydrogen-bond acceptors (Lipinski definition) is 6. The number of halogens is 1. The van der Waals surface area contributed by atoms with Crippen LogP contribution >= 0.6 is 11.6 Å². The summed E-state index contributed by atoms with van der Waals surface area (Å²) in [6.45, 7) is 2.83. The first kappa shape index (κ1) is 20.3. The number of amides is 1. The number of benzene rings is 2. The number of carbonyl (C=O) groups is 1. The van der Waals surface area contributed by atoms with E-state index < -0.39 is 4.92 Å². The van der Waals surface area contributed by atoms with E-state index in [1.54, 1.807) is 24.3 Å². The number of ether oxygens (including phenoxy) is 3. The first-order chi connectivity index (χ1) is 13.0. The number of carbonyl (C=O) groups excluding carboxylic acids is 1. The molecule has 0 saturated heterocycles. The molecule has 0 aromatic heterocycles. The van der Waals surface area contributed by atoms with E-state index in [1.165, 1.54) is 18.2 Å². The fraction of sp³-hybridized carbons (Fsp3) is 0.278. The molecule has 0 aliphatic heterocycles. The van der Waals surface area contributed by atoms with Gasteiger partial charge in [-0.2, -0.15) is 0 Å². The molecule has 0 heterocycles. The van der Waals surface area contributed by atoms with Crippen LogP contribution in [0.15, 0.2) is 42.5 Å². The molecular weight excluding hydrogens is 376 g/mol. The lowest BCUT2D eigenvalue weighted by molar-refractivity contribution is -0.384. The Bertz CT molecular complexity index is 782. The van der Waals surface area contributed by atoms with Crippen LogP contribution in [0.1, 0.15) is 6.92 Å². The Balaban J connectivity index is 1.68. The highest BCUT2D eigenvalue weighted by Gasteiger charge is 2.11. The minimum absolute atomic E-state index is 0.0656. The van der Waals surface area contributed by atoms with Gasteiger partial charge in [-0.25, -0.2) is 0 Å². The standard InChI is InChI=1S/C18H19ClN2O6/c1-2-25-14-4-6-15(7-5-14)26-10-9-20-18(22)12-27-17-8-3-13(21(23)24)11-16(17)19/h3-8,11H,2,9-10,12H2,1H3,(H,20,22). The molecule has 0 spiro atoms. The van der Waals surface area contributed by atoms with Gasteiger partial charge in [0.25, 0.3) is 11.6 Å². The maximum atomic E-state index is 11.8. The Morgan fingerprint density at radius 1 is 1.11 bits per heavy atom. The minimum atomic E-state index is -0.563. The lowest BCUT2D eigenvalue weighted by atomic mass is 10.3. The molecule has 9 heteroatoms. The molecule has 0 aliphatic carbocycles. The molecule has 0 saturated carbocycles. The van der Waals surface area contributed by atoms with Crippen molar-refractivity contribution in [2.75, 3.05) is 26.4 Å². The summed E-state index contributed by atoms with van der Waals surface area (Å²) in [4.78, 5) is 21.9. The third kappa shape index (κ3) is 6.67. The van der Waals surface area contributed by atoms with Crippen LogP contribution in [0.3, 0.4) is 0 Å². The topological polar surface area (TPSA) is 99.9 Å². The van der Waals surface area contributed by atoms with Crippen molar-refractivity contribution < 1.29 is 23.9 Å². The Kier molecular flexibility index (Phi) is 7.69. The average molecular weight is 395 g/mol. The Morgan fingerprint density at radius 3 is 2.37 bits per heavy atom. The molecule has 0 atom stereocenters. The van der Waals surface area contributed by atoms with Gasteiger partial charge < -0.3 is 19.5 Å². The lowest BCUT2D eigenvalue weighted by Crippen LogP contribution is -2.32. The first-order valence-electron chi connectivity index (χ1n) is 8.18. The molecule has 0 radical (unpaired) electrons. The molecule has 0 aliphatic rings. The molecule has 1 amide bonds. The quantitative estimate of drug-likeness (QED) is 0.377. The van der Waals surface area contributed by atoms with E-state index in [4.69, 9.17) is 25.8 Å². The molecule has 0 unspecified atom stereocenters. The molecule has 0 bridgehead atoms. The maximum absolute atomic E-state index is 11.8. The summed E-state index contributed by atoms with van der Waals surface area (Å²) >= 11 is 5.89. The molecule has 2 rings (SSSR count). The molecular formula is C18H19ClN2O6. The Labute approximate surface area is 161 Å². The van der Waals surface area contributed by atoms with Gasteiger partial charge in [0.1, 0.15) is 23.9 Å². The third-order valence-corrected chi connectivity index (χ3v) is 3.61. The second-order valence-electron chi connectivity index (χ2n) is 5.26. The fourth-order valence-electron chi connectivity index (χ4n) is 2.07. The van der Waals surface area contributed by atoms with E-state index in [2.05, 4.69) is 5.32 Å². The van der Waals surface area contributed by atoms with Crippen LogP contribution < -0.4 is 19.5 Å². The van der Waals surface area contributed by atoms with Crippen LogP contribution in [0.25, 0.3) is 0 Å². The predicted molar refractivity (Wildman–Crippen MR) is 99.7 cm³/mol. The summed E-state index contributed by atoms with van der Waals surface area (Å²) < 4.78 is 16.1. The Morgan fingerprint density at radius 2 is 1.78 bits per heavy atom. The van der Waals surface area contributed by atoms with Gasteiger partial charge in [0, 0.05) is 12.1 Å². The second-order valence-corrected chi connectivity index (χ2v) is 5.67. The molecule has 8 nitrogen and oxygen atoms in total. The summed E-state index contributed by atoms with van der Waals surface area (Å²) in [5.74, 6) is 1.27. The van der Waals surface area contributed by atoms with E-state index in [-0.39, 0.29) is 35.6 Å². The summed E-state index contributed by atoms with van der Waals surface area (Å²) in [7, 11) is 0.